The highest BCUT2D eigenvalue weighted by molar-refractivity contribution is 9.10. The second kappa shape index (κ2) is 26.3. The number of piperazine rings is 2. The predicted molar refractivity (Wildman–Crippen MR) is 301 cm³/mol. The van der Waals surface area contributed by atoms with E-state index in [2.05, 4.69) is 93.2 Å². The minimum atomic E-state index is -0.374. The van der Waals surface area contributed by atoms with E-state index in [-0.39, 0.29) is 42.0 Å². The number of benzene rings is 2. The molecule has 2 aliphatic carbocycles. The molecule has 4 fully saturated rings. The third-order valence-electron chi connectivity index (χ3n) is 16.6. The number of hydrogen-bond donors (Lipinski definition) is 2. The minimum absolute atomic E-state index is 0.00305. The van der Waals surface area contributed by atoms with Gasteiger partial charge in [0, 0.05) is 136 Å². The number of rotatable bonds is 12. The van der Waals surface area contributed by atoms with E-state index < -0.39 is 0 Å². The number of nitrogens with zero attached hydrogens (tertiary/aromatic N) is 7. The van der Waals surface area contributed by atoms with Crippen LogP contribution in [-0.4, -0.2) is 157 Å². The van der Waals surface area contributed by atoms with Crippen LogP contribution in [0.25, 0.3) is 0 Å². The number of piperidine rings is 2. The molecule has 4 aliphatic heterocycles. The molecule has 3 N–H and O–H groups in total. The van der Waals surface area contributed by atoms with Gasteiger partial charge in [-0.1, -0.05) is 35.3 Å². The molecule has 10 rings (SSSR count). The molecule has 18 heteroatoms. The molecule has 6 aliphatic rings. The van der Waals surface area contributed by atoms with Crippen LogP contribution in [-0.2, 0) is 44.7 Å². The summed E-state index contributed by atoms with van der Waals surface area (Å²) in [6.07, 6.45) is 14.1. The summed E-state index contributed by atoms with van der Waals surface area (Å²) in [4.78, 5) is 59.3. The third kappa shape index (κ3) is 13.8. The molecule has 0 spiro atoms. The molecule has 2 aromatic carbocycles. The van der Waals surface area contributed by atoms with Gasteiger partial charge in [-0.25, -0.2) is 4.79 Å². The number of aromatic nitrogens is 2. The van der Waals surface area contributed by atoms with Crippen molar-refractivity contribution in [2.45, 2.75) is 101 Å². The molecule has 404 valence electrons. The van der Waals surface area contributed by atoms with E-state index in [9.17, 15) is 14.4 Å². The Bertz CT molecular complexity index is 2530. The zero-order valence-corrected chi connectivity index (χ0v) is 48.2. The normalized spacial score (nSPS) is 22.7. The van der Waals surface area contributed by atoms with Crippen molar-refractivity contribution in [1.82, 2.24) is 39.8 Å². The second-order valence-electron chi connectivity index (χ2n) is 21.3. The Labute approximate surface area is 470 Å². The average molecular weight is 1190 g/mol. The molecule has 0 radical (unpaired) electrons. The van der Waals surface area contributed by atoms with Crippen LogP contribution in [0, 0.1) is 11.8 Å². The van der Waals surface area contributed by atoms with Gasteiger partial charge in [0.2, 0.25) is 11.8 Å². The van der Waals surface area contributed by atoms with Crippen molar-refractivity contribution in [2.24, 2.45) is 17.6 Å². The minimum Gasteiger partial charge on any atom is -0.385 e. The van der Waals surface area contributed by atoms with Crippen LogP contribution in [0.2, 0.25) is 10.0 Å². The van der Waals surface area contributed by atoms with Crippen molar-refractivity contribution in [1.29, 1.82) is 0 Å². The lowest BCUT2D eigenvalue weighted by Crippen LogP contribution is -2.56. The zero-order valence-electron chi connectivity index (χ0n) is 43.5. The molecule has 4 atom stereocenters. The fraction of sp³-hybridized carbons (Fsp3) is 0.561. The third-order valence-corrected chi connectivity index (χ3v) is 17.9. The number of methoxy groups -OCH3 is 2. The van der Waals surface area contributed by atoms with Crippen LogP contribution in [0.5, 0.6) is 0 Å². The number of carbonyl (C=O) groups is 3. The number of aryl methyl sites for hydroxylation is 4. The summed E-state index contributed by atoms with van der Waals surface area (Å²) in [6, 6.07) is 16.8. The van der Waals surface area contributed by atoms with Crippen molar-refractivity contribution in [3.05, 3.63) is 125 Å². The number of likely N-dealkylation sites (tertiary alicyclic amines) is 1. The van der Waals surface area contributed by atoms with Gasteiger partial charge in [-0.2, -0.15) is 0 Å². The Morgan fingerprint density at radius 2 is 1.07 bits per heavy atom. The quantitative estimate of drug-likeness (QED) is 0.141. The number of ether oxygens (including phenoxy) is 2. The maximum Gasteiger partial charge on any atom is 0.314 e. The number of hydrogen-bond acceptors (Lipinski definition) is 10. The van der Waals surface area contributed by atoms with Gasteiger partial charge in [-0.15, -0.1) is 0 Å². The lowest BCUT2D eigenvalue weighted by molar-refractivity contribution is -0.139. The van der Waals surface area contributed by atoms with Gasteiger partial charge in [0.15, 0.2) is 0 Å². The SMILES string of the molecule is COCC[C@H]1CN(C2c3ccc(Cl)cc3CCc3cc(Br)cnc32)CCN1C(=O)CC1CCN(C(N)=O)CC1.COCC[C@H]1CN(C2c3ccc(Cl)cc3CCc3cc(Br)cnc32)CCN1C(=O)CC1CCNCC1. The number of halogens is 4. The number of nitrogens with one attached hydrogen (secondary N) is 1. The molecule has 4 aromatic rings. The summed E-state index contributed by atoms with van der Waals surface area (Å²) < 4.78 is 12.9. The van der Waals surface area contributed by atoms with Crippen LogP contribution in [0.1, 0.15) is 108 Å². The lowest BCUT2D eigenvalue weighted by atomic mass is 9.92. The summed E-state index contributed by atoms with van der Waals surface area (Å²) in [7, 11) is 3.45. The van der Waals surface area contributed by atoms with E-state index in [4.69, 9.17) is 48.4 Å². The highest BCUT2D eigenvalue weighted by Gasteiger charge is 2.40. The zero-order chi connectivity index (χ0) is 52.6. The molecule has 2 unspecified atom stereocenters. The number of primary amides is 1. The summed E-state index contributed by atoms with van der Waals surface area (Å²) in [5.74, 6) is 1.28. The van der Waals surface area contributed by atoms with Crippen LogP contribution >= 0.6 is 55.1 Å². The number of pyridine rings is 2. The predicted octanol–water partition coefficient (Wildman–Crippen LogP) is 9.04. The van der Waals surface area contributed by atoms with E-state index in [0.717, 1.165) is 140 Å². The van der Waals surface area contributed by atoms with Crippen molar-refractivity contribution in [2.75, 3.05) is 92.9 Å². The molecule has 0 bridgehead atoms. The van der Waals surface area contributed by atoms with Gasteiger partial charge in [0.25, 0.3) is 0 Å². The van der Waals surface area contributed by atoms with Crippen LogP contribution < -0.4 is 11.1 Å². The van der Waals surface area contributed by atoms with E-state index in [1.165, 1.54) is 33.4 Å². The number of nitrogens with two attached hydrogens (primary N) is 1. The van der Waals surface area contributed by atoms with Crippen LogP contribution in [0.3, 0.4) is 0 Å². The smallest absolute Gasteiger partial charge is 0.314 e. The molecule has 14 nitrogen and oxygen atoms in total. The number of fused-ring (bicyclic) bond motifs is 4. The number of urea groups is 1. The first-order valence-corrected chi connectivity index (χ1v) is 29.4. The molecule has 4 amide bonds. The molecule has 2 aromatic heterocycles. The summed E-state index contributed by atoms with van der Waals surface area (Å²) in [6.45, 7) is 9.09. The summed E-state index contributed by atoms with van der Waals surface area (Å²) in [5.41, 5.74) is 15.3. The molecule has 0 saturated carbocycles. The summed E-state index contributed by atoms with van der Waals surface area (Å²) >= 11 is 20.1. The Kier molecular flexibility index (Phi) is 19.6. The van der Waals surface area contributed by atoms with Gasteiger partial charge < -0.3 is 35.2 Å². The maximum absolute atomic E-state index is 13.6. The molecular formula is C57H73Br2Cl2N9O5. The summed E-state index contributed by atoms with van der Waals surface area (Å²) in [5, 5.41) is 4.94. The van der Waals surface area contributed by atoms with Crippen molar-refractivity contribution >= 4 is 72.9 Å². The molecule has 4 saturated heterocycles. The fourth-order valence-corrected chi connectivity index (χ4v) is 13.8. The number of carbonyl (C=O) groups excluding carboxylic acids is 3. The van der Waals surface area contributed by atoms with Gasteiger partial charge >= 0.3 is 6.03 Å². The Morgan fingerprint density at radius 3 is 1.51 bits per heavy atom. The topological polar surface area (TPSA) is 150 Å². The van der Waals surface area contributed by atoms with Crippen LogP contribution in [0.4, 0.5) is 4.79 Å². The van der Waals surface area contributed by atoms with Gasteiger partial charge in [-0.3, -0.25) is 29.4 Å². The second-order valence-corrected chi connectivity index (χ2v) is 24.0. The highest BCUT2D eigenvalue weighted by Crippen LogP contribution is 2.41. The first-order valence-electron chi connectivity index (χ1n) is 27.0. The van der Waals surface area contributed by atoms with E-state index >= 15 is 0 Å². The maximum atomic E-state index is 13.6. The standard InChI is InChI=1S/C29H37BrClN5O3.C28H36BrClN4O2/c1-39-13-8-24-18-35(11-12-36(24)26(37)14-19-6-9-34(10-7-19)29(32)38)28-25-5-4-23(31)16-20(25)2-3-21-15-22(30)17-33-27(21)28;1-36-13-8-24-18-33(11-12-34(24)26(35)14-19-6-9-31-10-7-19)28-25-5-4-23(30)16-20(25)2-3-21-15-22(29)17-32-27(21)28/h4-5,15-17,19,24,28H,2-3,6-14,18H2,1H3,(H2,32,38);4-5,15-17,19,24,28,31H,2-3,6-14,18H2,1H3/t2*24-,28?/m00/s1. The number of amides is 4. The molecule has 6 heterocycles. The van der Waals surface area contributed by atoms with Gasteiger partial charge in [0.05, 0.1) is 23.5 Å². The monoisotopic (exact) mass is 1190 g/mol. The van der Waals surface area contributed by atoms with Gasteiger partial charge in [-0.05, 0) is 191 Å². The van der Waals surface area contributed by atoms with Gasteiger partial charge in [0.1, 0.15) is 0 Å². The largest absolute Gasteiger partial charge is 0.385 e. The van der Waals surface area contributed by atoms with Crippen molar-refractivity contribution < 1.29 is 23.9 Å². The van der Waals surface area contributed by atoms with E-state index in [0.29, 0.717) is 57.5 Å². The first kappa shape index (κ1) is 56.0. The Hall–Kier alpha value is -3.71. The van der Waals surface area contributed by atoms with E-state index in [1.807, 2.05) is 24.5 Å². The van der Waals surface area contributed by atoms with Crippen molar-refractivity contribution in [3.63, 3.8) is 0 Å². The first-order chi connectivity index (χ1) is 36.4. The molecule has 75 heavy (non-hydrogen) atoms. The Balaban J connectivity index is 0.000000184. The highest BCUT2D eigenvalue weighted by atomic mass is 79.9. The van der Waals surface area contributed by atoms with Crippen molar-refractivity contribution in [3.8, 4) is 0 Å². The van der Waals surface area contributed by atoms with Crippen LogP contribution in [0.15, 0.2) is 69.9 Å². The fourth-order valence-electron chi connectivity index (χ4n) is 12.6. The lowest BCUT2D eigenvalue weighted by Gasteiger charge is -2.45. The average Bonchev–Trinajstić information content (AvgIpc) is 3.67. The molecular weight excluding hydrogens is 1120 g/mol. The van der Waals surface area contributed by atoms with E-state index in [1.54, 1.807) is 19.1 Å². The Morgan fingerprint density at radius 1 is 0.627 bits per heavy atom.